The van der Waals surface area contributed by atoms with E-state index in [4.69, 9.17) is 4.74 Å². The molecule has 2 unspecified atom stereocenters. The first-order valence-electron chi connectivity index (χ1n) is 7.75. The van der Waals surface area contributed by atoms with Crippen molar-refractivity contribution < 1.29 is 9.84 Å². The van der Waals surface area contributed by atoms with Gasteiger partial charge in [0.2, 0.25) is 0 Å². The number of morpholine rings is 1. The zero-order valence-electron chi connectivity index (χ0n) is 12.9. The summed E-state index contributed by atoms with van der Waals surface area (Å²) >= 11 is 0. The van der Waals surface area contributed by atoms with Gasteiger partial charge in [-0.15, -0.1) is 0 Å². The fraction of sp³-hybridized carbons (Fsp3) is 0.471. The maximum absolute atomic E-state index is 10.5. The van der Waals surface area contributed by atoms with Crippen LogP contribution in [-0.4, -0.2) is 45.6 Å². The average Bonchev–Trinajstić information content (AvgIpc) is 2.95. The Morgan fingerprint density at radius 2 is 2.14 bits per heavy atom. The molecule has 1 aliphatic rings. The van der Waals surface area contributed by atoms with Gasteiger partial charge in [-0.3, -0.25) is 9.58 Å². The lowest BCUT2D eigenvalue weighted by Crippen LogP contribution is -2.45. The van der Waals surface area contributed by atoms with Crippen molar-refractivity contribution in [3.8, 4) is 0 Å². The fourth-order valence-electron chi connectivity index (χ4n) is 2.95. The van der Waals surface area contributed by atoms with Crippen molar-refractivity contribution in [3.63, 3.8) is 0 Å². The summed E-state index contributed by atoms with van der Waals surface area (Å²) in [5, 5.41) is 14.7. The molecule has 0 spiro atoms. The van der Waals surface area contributed by atoms with Crippen molar-refractivity contribution in [1.82, 2.24) is 14.7 Å². The summed E-state index contributed by atoms with van der Waals surface area (Å²) in [6, 6.07) is 12.1. The topological polar surface area (TPSA) is 50.5 Å². The van der Waals surface area contributed by atoms with Crippen LogP contribution in [0.4, 0.5) is 0 Å². The minimum atomic E-state index is -0.457. The van der Waals surface area contributed by atoms with Crippen LogP contribution >= 0.6 is 0 Å². The molecular weight excluding hydrogens is 278 g/mol. The van der Waals surface area contributed by atoms with E-state index >= 15 is 0 Å². The molecule has 118 valence electrons. The van der Waals surface area contributed by atoms with Crippen LogP contribution in [0.2, 0.25) is 0 Å². The van der Waals surface area contributed by atoms with E-state index in [9.17, 15) is 5.11 Å². The number of hydrogen-bond donors (Lipinski definition) is 1. The van der Waals surface area contributed by atoms with E-state index in [1.807, 2.05) is 54.3 Å². The lowest BCUT2D eigenvalue weighted by Gasteiger charge is -2.36. The Hall–Kier alpha value is -1.69. The fourth-order valence-corrected chi connectivity index (χ4v) is 2.95. The van der Waals surface area contributed by atoms with Gasteiger partial charge in [0.15, 0.2) is 0 Å². The molecule has 0 radical (unpaired) electrons. The first-order chi connectivity index (χ1) is 10.7. The predicted octanol–water partition coefficient (Wildman–Crippen LogP) is 1.74. The molecule has 1 aliphatic heterocycles. The summed E-state index contributed by atoms with van der Waals surface area (Å²) < 4.78 is 7.53. The van der Waals surface area contributed by atoms with E-state index in [0.717, 1.165) is 25.3 Å². The molecule has 22 heavy (non-hydrogen) atoms. The zero-order chi connectivity index (χ0) is 15.4. The molecule has 2 aromatic rings. The van der Waals surface area contributed by atoms with Gasteiger partial charge in [-0.25, -0.2) is 0 Å². The predicted molar refractivity (Wildman–Crippen MR) is 84.2 cm³/mol. The SMILES string of the molecule is Cn1nccc1CN1CCOCC1CC(O)c1ccccc1. The molecule has 2 heterocycles. The number of hydrogen-bond acceptors (Lipinski definition) is 4. The number of aromatic nitrogens is 2. The van der Waals surface area contributed by atoms with Crippen molar-refractivity contribution in [1.29, 1.82) is 0 Å². The minimum absolute atomic E-state index is 0.221. The molecule has 1 aromatic heterocycles. The summed E-state index contributed by atoms with van der Waals surface area (Å²) in [5.74, 6) is 0. The Kier molecular flexibility index (Phi) is 4.87. The van der Waals surface area contributed by atoms with Gasteiger partial charge in [-0.2, -0.15) is 5.10 Å². The quantitative estimate of drug-likeness (QED) is 0.914. The Morgan fingerprint density at radius 3 is 2.86 bits per heavy atom. The van der Waals surface area contributed by atoms with Crippen LogP contribution in [0.5, 0.6) is 0 Å². The lowest BCUT2D eigenvalue weighted by molar-refractivity contribution is -0.0308. The van der Waals surface area contributed by atoms with Crippen LogP contribution in [0.25, 0.3) is 0 Å². The van der Waals surface area contributed by atoms with E-state index in [1.165, 1.54) is 5.69 Å². The van der Waals surface area contributed by atoms with Crippen molar-refractivity contribution >= 4 is 0 Å². The van der Waals surface area contributed by atoms with Gasteiger partial charge in [0.25, 0.3) is 0 Å². The average molecular weight is 301 g/mol. The summed E-state index contributed by atoms with van der Waals surface area (Å²) in [4.78, 5) is 2.38. The third-order valence-electron chi connectivity index (χ3n) is 4.32. The number of nitrogens with zero attached hydrogens (tertiary/aromatic N) is 3. The highest BCUT2D eigenvalue weighted by Crippen LogP contribution is 2.23. The molecule has 0 saturated carbocycles. The smallest absolute Gasteiger partial charge is 0.0805 e. The molecule has 0 aliphatic carbocycles. The number of ether oxygens (including phenoxy) is 1. The van der Waals surface area contributed by atoms with Crippen LogP contribution in [0.3, 0.4) is 0 Å². The number of aliphatic hydroxyl groups excluding tert-OH is 1. The first-order valence-corrected chi connectivity index (χ1v) is 7.75. The summed E-state index contributed by atoms with van der Waals surface area (Å²) in [6.45, 7) is 3.14. The van der Waals surface area contributed by atoms with Crippen molar-refractivity contribution in [2.45, 2.75) is 25.1 Å². The van der Waals surface area contributed by atoms with E-state index in [2.05, 4.69) is 10.00 Å². The lowest BCUT2D eigenvalue weighted by atomic mass is 10.0. The summed E-state index contributed by atoms with van der Waals surface area (Å²) in [7, 11) is 1.96. The van der Waals surface area contributed by atoms with Gasteiger partial charge in [-0.05, 0) is 18.1 Å². The van der Waals surface area contributed by atoms with E-state index < -0.39 is 6.10 Å². The molecule has 5 nitrogen and oxygen atoms in total. The Balaban J connectivity index is 1.66. The second kappa shape index (κ2) is 7.05. The van der Waals surface area contributed by atoms with Crippen LogP contribution in [-0.2, 0) is 18.3 Å². The minimum Gasteiger partial charge on any atom is -0.388 e. The highest BCUT2D eigenvalue weighted by atomic mass is 16.5. The molecule has 2 atom stereocenters. The Bertz CT molecular complexity index is 585. The van der Waals surface area contributed by atoms with Gasteiger partial charge >= 0.3 is 0 Å². The van der Waals surface area contributed by atoms with Crippen molar-refractivity contribution in [2.24, 2.45) is 7.05 Å². The monoisotopic (exact) mass is 301 g/mol. The van der Waals surface area contributed by atoms with Crippen molar-refractivity contribution in [3.05, 3.63) is 53.9 Å². The van der Waals surface area contributed by atoms with Crippen LogP contribution < -0.4 is 0 Å². The van der Waals surface area contributed by atoms with Gasteiger partial charge in [0.05, 0.1) is 25.0 Å². The second-order valence-corrected chi connectivity index (χ2v) is 5.81. The van der Waals surface area contributed by atoms with E-state index in [1.54, 1.807) is 0 Å². The number of rotatable bonds is 5. The van der Waals surface area contributed by atoms with Gasteiger partial charge in [0, 0.05) is 32.4 Å². The molecule has 5 heteroatoms. The largest absolute Gasteiger partial charge is 0.388 e. The normalized spacial score (nSPS) is 20.9. The third-order valence-corrected chi connectivity index (χ3v) is 4.32. The third kappa shape index (κ3) is 3.55. The van der Waals surface area contributed by atoms with Crippen LogP contribution in [0, 0.1) is 0 Å². The molecular formula is C17H23N3O2. The summed E-state index contributed by atoms with van der Waals surface area (Å²) in [6.07, 6.45) is 2.05. The van der Waals surface area contributed by atoms with E-state index in [-0.39, 0.29) is 6.04 Å². The highest BCUT2D eigenvalue weighted by molar-refractivity contribution is 5.17. The number of aliphatic hydroxyl groups is 1. The van der Waals surface area contributed by atoms with Gasteiger partial charge in [-0.1, -0.05) is 30.3 Å². The van der Waals surface area contributed by atoms with Gasteiger partial charge < -0.3 is 9.84 Å². The molecule has 0 bridgehead atoms. The van der Waals surface area contributed by atoms with Crippen molar-refractivity contribution in [2.75, 3.05) is 19.8 Å². The number of aryl methyl sites for hydroxylation is 1. The summed E-state index contributed by atoms with van der Waals surface area (Å²) in [5.41, 5.74) is 2.15. The second-order valence-electron chi connectivity index (χ2n) is 5.81. The maximum Gasteiger partial charge on any atom is 0.0805 e. The molecule has 1 N–H and O–H groups in total. The standard InChI is InChI=1S/C17H23N3O2/c1-19-15(7-8-18-19)12-20-9-10-22-13-16(20)11-17(21)14-5-3-2-4-6-14/h2-8,16-17,21H,9-13H2,1H3. The first kappa shape index (κ1) is 15.2. The van der Waals surface area contributed by atoms with Crippen LogP contribution in [0.1, 0.15) is 23.8 Å². The van der Waals surface area contributed by atoms with E-state index in [0.29, 0.717) is 13.0 Å². The molecule has 1 fully saturated rings. The Morgan fingerprint density at radius 1 is 1.32 bits per heavy atom. The molecule has 1 saturated heterocycles. The maximum atomic E-state index is 10.5. The number of benzene rings is 1. The molecule has 1 aromatic carbocycles. The molecule has 3 rings (SSSR count). The molecule has 0 amide bonds. The van der Waals surface area contributed by atoms with Crippen LogP contribution in [0.15, 0.2) is 42.6 Å². The Labute approximate surface area is 131 Å². The van der Waals surface area contributed by atoms with Gasteiger partial charge in [0.1, 0.15) is 0 Å². The highest BCUT2D eigenvalue weighted by Gasteiger charge is 2.26. The zero-order valence-corrected chi connectivity index (χ0v) is 12.9.